The van der Waals surface area contributed by atoms with Crippen LogP contribution in [0.5, 0.6) is 0 Å². The molecule has 0 unspecified atom stereocenters. The van der Waals surface area contributed by atoms with Crippen LogP contribution in [0.2, 0.25) is 5.02 Å². The molecule has 0 aliphatic heterocycles. The highest BCUT2D eigenvalue weighted by atomic mass is 35.5. The molecule has 2 heterocycles. The Morgan fingerprint density at radius 1 is 0.394 bits per heavy atom. The summed E-state index contributed by atoms with van der Waals surface area (Å²) in [4.78, 5) is 0. The number of aromatic nitrogens is 2. The van der Waals surface area contributed by atoms with Crippen LogP contribution in [-0.2, 0) is 0 Å². The number of fused-ring (bicyclic) bond motifs is 6. The molecule has 0 atom stereocenters. The molecule has 3 heteroatoms. The van der Waals surface area contributed by atoms with Crippen molar-refractivity contribution in [2.24, 2.45) is 0 Å². The number of halogens is 1. The first-order chi connectivity index (χ1) is 16.3. The number of benzene rings is 5. The molecule has 7 rings (SSSR count). The molecule has 0 aliphatic rings. The van der Waals surface area contributed by atoms with Crippen LogP contribution >= 0.6 is 11.6 Å². The van der Waals surface area contributed by atoms with Crippen molar-refractivity contribution in [2.45, 2.75) is 0 Å². The van der Waals surface area contributed by atoms with E-state index in [9.17, 15) is 0 Å². The quantitative estimate of drug-likeness (QED) is 0.254. The second-order valence-electron chi connectivity index (χ2n) is 8.40. The van der Waals surface area contributed by atoms with Crippen molar-refractivity contribution in [3.05, 3.63) is 120 Å². The SMILES string of the molecule is Clc1ccc2c3ccccc3n(-c3ccc4c5ccccc5n(-c5ccccc5)c4c3)c2c1. The fraction of sp³-hybridized carbons (Fsp3) is 0. The van der Waals surface area contributed by atoms with Gasteiger partial charge in [0, 0.05) is 37.9 Å². The van der Waals surface area contributed by atoms with Crippen LogP contribution in [-0.4, -0.2) is 9.13 Å². The van der Waals surface area contributed by atoms with Gasteiger partial charge in [0.2, 0.25) is 0 Å². The van der Waals surface area contributed by atoms with Gasteiger partial charge >= 0.3 is 0 Å². The van der Waals surface area contributed by atoms with Crippen LogP contribution in [0.3, 0.4) is 0 Å². The summed E-state index contributed by atoms with van der Waals surface area (Å²) < 4.78 is 4.68. The Bertz CT molecular complexity index is 1820. The molecule has 0 bridgehead atoms. The van der Waals surface area contributed by atoms with E-state index in [2.05, 4.69) is 118 Å². The number of hydrogen-bond acceptors (Lipinski definition) is 0. The third-order valence-corrected chi connectivity index (χ3v) is 6.80. The summed E-state index contributed by atoms with van der Waals surface area (Å²) in [7, 11) is 0. The molecule has 0 radical (unpaired) electrons. The van der Waals surface area contributed by atoms with Gasteiger partial charge in [0.15, 0.2) is 0 Å². The predicted molar refractivity (Wildman–Crippen MR) is 140 cm³/mol. The van der Waals surface area contributed by atoms with Crippen molar-refractivity contribution in [1.82, 2.24) is 9.13 Å². The van der Waals surface area contributed by atoms with Crippen LogP contribution in [0.1, 0.15) is 0 Å². The van der Waals surface area contributed by atoms with Crippen molar-refractivity contribution >= 4 is 55.2 Å². The normalized spacial score (nSPS) is 11.8. The number of nitrogens with zero attached hydrogens (tertiary/aromatic N) is 2. The molecule has 5 aromatic carbocycles. The Morgan fingerprint density at radius 3 is 1.61 bits per heavy atom. The first-order valence-electron chi connectivity index (χ1n) is 11.1. The molecule has 0 fully saturated rings. The molecule has 156 valence electrons. The minimum Gasteiger partial charge on any atom is -0.309 e. The zero-order valence-electron chi connectivity index (χ0n) is 17.7. The maximum Gasteiger partial charge on any atom is 0.0561 e. The van der Waals surface area contributed by atoms with Crippen molar-refractivity contribution in [1.29, 1.82) is 0 Å². The molecule has 0 amide bonds. The van der Waals surface area contributed by atoms with Crippen LogP contribution in [0.15, 0.2) is 115 Å². The largest absolute Gasteiger partial charge is 0.309 e. The van der Waals surface area contributed by atoms with Gasteiger partial charge in [0.1, 0.15) is 0 Å². The molecule has 0 aliphatic carbocycles. The van der Waals surface area contributed by atoms with Crippen molar-refractivity contribution in [3.8, 4) is 11.4 Å². The average Bonchev–Trinajstić information content (AvgIpc) is 3.36. The lowest BCUT2D eigenvalue weighted by Crippen LogP contribution is -1.96. The minimum atomic E-state index is 0.742. The lowest BCUT2D eigenvalue weighted by atomic mass is 10.1. The zero-order chi connectivity index (χ0) is 21.9. The molecule has 33 heavy (non-hydrogen) atoms. The summed E-state index contributed by atoms with van der Waals surface area (Å²) in [6.45, 7) is 0. The smallest absolute Gasteiger partial charge is 0.0561 e. The van der Waals surface area contributed by atoms with Gasteiger partial charge in [-0.05, 0) is 48.5 Å². The third-order valence-electron chi connectivity index (χ3n) is 6.57. The van der Waals surface area contributed by atoms with E-state index < -0.39 is 0 Å². The molecule has 0 N–H and O–H groups in total. The number of hydrogen-bond donors (Lipinski definition) is 0. The molecule has 2 nitrogen and oxygen atoms in total. The Kier molecular flexibility index (Phi) is 3.93. The van der Waals surface area contributed by atoms with E-state index in [4.69, 9.17) is 11.6 Å². The monoisotopic (exact) mass is 442 g/mol. The zero-order valence-corrected chi connectivity index (χ0v) is 18.5. The highest BCUT2D eigenvalue weighted by Crippen LogP contribution is 2.37. The fourth-order valence-corrected chi connectivity index (χ4v) is 5.34. The lowest BCUT2D eigenvalue weighted by Gasteiger charge is -2.11. The molecular formula is C30H19ClN2. The number of para-hydroxylation sites is 3. The van der Waals surface area contributed by atoms with Crippen LogP contribution in [0.4, 0.5) is 0 Å². The minimum absolute atomic E-state index is 0.742. The highest BCUT2D eigenvalue weighted by Gasteiger charge is 2.16. The van der Waals surface area contributed by atoms with Gasteiger partial charge in [-0.25, -0.2) is 0 Å². The molecule has 2 aromatic heterocycles. The van der Waals surface area contributed by atoms with Crippen LogP contribution in [0.25, 0.3) is 55.0 Å². The Hall–Kier alpha value is -4.01. The molecule has 0 saturated heterocycles. The van der Waals surface area contributed by atoms with E-state index in [0.717, 1.165) is 21.9 Å². The molecule has 0 spiro atoms. The van der Waals surface area contributed by atoms with Gasteiger partial charge in [-0.2, -0.15) is 0 Å². The number of rotatable bonds is 2. The second-order valence-corrected chi connectivity index (χ2v) is 8.84. The summed E-state index contributed by atoms with van der Waals surface area (Å²) >= 11 is 6.44. The van der Waals surface area contributed by atoms with Crippen molar-refractivity contribution in [3.63, 3.8) is 0 Å². The first-order valence-corrected chi connectivity index (χ1v) is 11.5. The summed E-state index contributed by atoms with van der Waals surface area (Å²) in [5, 5.41) is 5.68. The van der Waals surface area contributed by atoms with Gasteiger partial charge in [-0.3, -0.25) is 0 Å². The Labute approximate surface area is 195 Å². The maximum atomic E-state index is 6.44. The van der Waals surface area contributed by atoms with E-state index >= 15 is 0 Å². The Balaban J connectivity index is 1.62. The van der Waals surface area contributed by atoms with Crippen molar-refractivity contribution < 1.29 is 0 Å². The summed E-state index contributed by atoms with van der Waals surface area (Å²) in [6.07, 6.45) is 0. The summed E-state index contributed by atoms with van der Waals surface area (Å²) in [5.41, 5.74) is 6.97. The first kappa shape index (κ1) is 18.6. The molecule has 7 aromatic rings. The highest BCUT2D eigenvalue weighted by molar-refractivity contribution is 6.31. The van der Waals surface area contributed by atoms with E-state index in [1.165, 1.54) is 38.1 Å². The van der Waals surface area contributed by atoms with Gasteiger partial charge in [0.25, 0.3) is 0 Å². The van der Waals surface area contributed by atoms with Crippen LogP contribution in [0, 0.1) is 0 Å². The maximum absolute atomic E-state index is 6.44. The van der Waals surface area contributed by atoms with E-state index in [1.54, 1.807) is 0 Å². The van der Waals surface area contributed by atoms with Gasteiger partial charge in [-0.15, -0.1) is 0 Å². The van der Waals surface area contributed by atoms with Gasteiger partial charge in [-0.1, -0.05) is 78.3 Å². The Morgan fingerprint density at radius 2 is 0.909 bits per heavy atom. The topological polar surface area (TPSA) is 9.86 Å². The molecule has 0 saturated carbocycles. The van der Waals surface area contributed by atoms with Crippen molar-refractivity contribution in [2.75, 3.05) is 0 Å². The molecular weight excluding hydrogens is 424 g/mol. The van der Waals surface area contributed by atoms with E-state index in [-0.39, 0.29) is 0 Å². The summed E-state index contributed by atoms with van der Waals surface area (Å²) in [6, 6.07) is 40.7. The predicted octanol–water partition coefficient (Wildman–Crippen LogP) is 8.53. The van der Waals surface area contributed by atoms with Gasteiger partial charge in [0.05, 0.1) is 22.1 Å². The summed E-state index contributed by atoms with van der Waals surface area (Å²) in [5.74, 6) is 0. The standard InChI is InChI=1S/C30H19ClN2/c31-20-14-16-25-23-10-5-7-13-28(23)33(29(25)18-20)22-15-17-26-24-11-4-6-12-27(24)32(30(26)19-22)21-8-2-1-3-9-21/h1-19H. The second kappa shape index (κ2) is 6.99. The fourth-order valence-electron chi connectivity index (χ4n) is 5.18. The van der Waals surface area contributed by atoms with Gasteiger partial charge < -0.3 is 9.13 Å². The average molecular weight is 443 g/mol. The lowest BCUT2D eigenvalue weighted by molar-refractivity contribution is 1.15. The van der Waals surface area contributed by atoms with E-state index in [0.29, 0.717) is 0 Å². The van der Waals surface area contributed by atoms with Crippen LogP contribution < -0.4 is 0 Å². The van der Waals surface area contributed by atoms with E-state index in [1.807, 2.05) is 6.07 Å². The third kappa shape index (κ3) is 2.68.